The second-order valence-corrected chi connectivity index (χ2v) is 3.22. The molecular formula is C7H13N3S. The van der Waals surface area contributed by atoms with Gasteiger partial charge in [-0.15, -0.1) is 11.3 Å². The second kappa shape index (κ2) is 4.43. The minimum Gasteiger partial charge on any atom is -0.329 e. The summed E-state index contributed by atoms with van der Waals surface area (Å²) in [6.07, 6.45) is 0. The van der Waals surface area contributed by atoms with E-state index >= 15 is 0 Å². The number of nitrogens with zero attached hydrogens (tertiary/aromatic N) is 1. The Kier molecular flexibility index (Phi) is 3.48. The molecule has 0 saturated heterocycles. The Balaban J connectivity index is 2.23. The van der Waals surface area contributed by atoms with Gasteiger partial charge in [0.1, 0.15) is 0 Å². The molecule has 0 radical (unpaired) electrons. The van der Waals surface area contributed by atoms with Gasteiger partial charge >= 0.3 is 0 Å². The van der Waals surface area contributed by atoms with Crippen LogP contribution >= 0.6 is 11.3 Å². The number of thiazole rings is 1. The van der Waals surface area contributed by atoms with E-state index in [1.54, 1.807) is 11.3 Å². The van der Waals surface area contributed by atoms with Crippen molar-refractivity contribution in [3.05, 3.63) is 16.6 Å². The fourth-order valence-electron chi connectivity index (χ4n) is 0.687. The van der Waals surface area contributed by atoms with Gasteiger partial charge in [0.2, 0.25) is 0 Å². The highest BCUT2D eigenvalue weighted by atomic mass is 32.1. The summed E-state index contributed by atoms with van der Waals surface area (Å²) < 4.78 is 0. The third kappa shape index (κ3) is 2.96. The summed E-state index contributed by atoms with van der Waals surface area (Å²) >= 11 is 1.62. The molecule has 1 aromatic rings. The highest BCUT2D eigenvalue weighted by molar-refractivity contribution is 7.07. The molecule has 0 amide bonds. The molecule has 0 aliphatic rings. The lowest BCUT2D eigenvalue weighted by Gasteiger charge is -2.08. The summed E-state index contributed by atoms with van der Waals surface area (Å²) in [6.45, 7) is 3.55. The van der Waals surface area contributed by atoms with Gasteiger partial charge in [-0.3, -0.25) is 0 Å². The van der Waals surface area contributed by atoms with Crippen molar-refractivity contribution in [2.75, 3.05) is 6.54 Å². The van der Waals surface area contributed by atoms with Gasteiger partial charge in [0.15, 0.2) is 0 Å². The van der Waals surface area contributed by atoms with Gasteiger partial charge in [-0.2, -0.15) is 0 Å². The summed E-state index contributed by atoms with van der Waals surface area (Å²) in [7, 11) is 0. The molecule has 0 spiro atoms. The third-order valence-corrected chi connectivity index (χ3v) is 2.10. The quantitative estimate of drug-likeness (QED) is 0.696. The summed E-state index contributed by atoms with van der Waals surface area (Å²) in [5.41, 5.74) is 8.36. The Morgan fingerprint density at radius 2 is 2.64 bits per heavy atom. The standard InChI is InChI=1S/C7H13N3S/c1-6(2-8)9-3-7-4-11-5-10-7/h4-6,9H,2-3,8H2,1H3. The molecule has 1 unspecified atom stereocenters. The Bertz CT molecular complexity index is 186. The molecule has 1 atom stereocenters. The van der Waals surface area contributed by atoms with Crippen LogP contribution in [-0.4, -0.2) is 17.6 Å². The number of nitrogens with one attached hydrogen (secondary N) is 1. The minimum absolute atomic E-state index is 0.372. The van der Waals surface area contributed by atoms with Crippen LogP contribution in [0.1, 0.15) is 12.6 Å². The molecule has 0 fully saturated rings. The SMILES string of the molecule is CC(CN)NCc1cscn1. The van der Waals surface area contributed by atoms with Crippen LogP contribution in [0.15, 0.2) is 10.9 Å². The summed E-state index contributed by atoms with van der Waals surface area (Å²) in [4.78, 5) is 4.14. The number of nitrogens with two attached hydrogens (primary N) is 1. The number of rotatable bonds is 4. The van der Waals surface area contributed by atoms with E-state index in [1.807, 2.05) is 10.9 Å². The Labute approximate surface area is 70.6 Å². The van der Waals surface area contributed by atoms with Crippen molar-refractivity contribution in [1.29, 1.82) is 0 Å². The zero-order valence-corrected chi connectivity index (χ0v) is 7.40. The van der Waals surface area contributed by atoms with Crippen molar-refractivity contribution in [3.8, 4) is 0 Å². The first-order valence-electron chi connectivity index (χ1n) is 3.63. The Morgan fingerprint density at radius 3 is 3.18 bits per heavy atom. The van der Waals surface area contributed by atoms with Crippen molar-refractivity contribution >= 4 is 11.3 Å². The van der Waals surface area contributed by atoms with E-state index in [0.29, 0.717) is 12.6 Å². The normalized spacial score (nSPS) is 13.3. The molecule has 3 nitrogen and oxygen atoms in total. The van der Waals surface area contributed by atoms with Gasteiger partial charge in [-0.05, 0) is 6.92 Å². The van der Waals surface area contributed by atoms with Gasteiger partial charge in [-0.1, -0.05) is 0 Å². The maximum atomic E-state index is 5.43. The smallest absolute Gasteiger partial charge is 0.0795 e. The Hall–Kier alpha value is -0.450. The molecule has 1 aromatic heterocycles. The summed E-state index contributed by atoms with van der Waals surface area (Å²) in [5.74, 6) is 0. The highest BCUT2D eigenvalue weighted by Gasteiger charge is 1.98. The van der Waals surface area contributed by atoms with Gasteiger partial charge < -0.3 is 11.1 Å². The fourth-order valence-corrected chi connectivity index (χ4v) is 1.25. The zero-order valence-electron chi connectivity index (χ0n) is 6.58. The molecular weight excluding hydrogens is 158 g/mol. The molecule has 1 heterocycles. The van der Waals surface area contributed by atoms with Gasteiger partial charge in [-0.25, -0.2) is 4.98 Å². The third-order valence-electron chi connectivity index (χ3n) is 1.47. The lowest BCUT2D eigenvalue weighted by Crippen LogP contribution is -2.32. The van der Waals surface area contributed by atoms with Crippen molar-refractivity contribution < 1.29 is 0 Å². The Morgan fingerprint density at radius 1 is 1.82 bits per heavy atom. The van der Waals surface area contributed by atoms with Crippen LogP contribution in [0.3, 0.4) is 0 Å². The van der Waals surface area contributed by atoms with E-state index in [1.165, 1.54) is 0 Å². The molecule has 0 aliphatic heterocycles. The van der Waals surface area contributed by atoms with E-state index in [4.69, 9.17) is 5.73 Å². The lowest BCUT2D eigenvalue weighted by atomic mass is 10.3. The maximum Gasteiger partial charge on any atom is 0.0795 e. The van der Waals surface area contributed by atoms with E-state index in [9.17, 15) is 0 Å². The van der Waals surface area contributed by atoms with Gasteiger partial charge in [0.05, 0.1) is 11.2 Å². The van der Waals surface area contributed by atoms with Crippen molar-refractivity contribution in [1.82, 2.24) is 10.3 Å². The van der Waals surface area contributed by atoms with Crippen molar-refractivity contribution in [3.63, 3.8) is 0 Å². The summed E-state index contributed by atoms with van der Waals surface area (Å²) in [6, 6.07) is 0.372. The number of aromatic nitrogens is 1. The van der Waals surface area contributed by atoms with Gasteiger partial charge in [0, 0.05) is 24.5 Å². The van der Waals surface area contributed by atoms with Crippen LogP contribution in [0.2, 0.25) is 0 Å². The van der Waals surface area contributed by atoms with Crippen LogP contribution in [-0.2, 0) is 6.54 Å². The topological polar surface area (TPSA) is 50.9 Å². The van der Waals surface area contributed by atoms with Crippen LogP contribution in [0, 0.1) is 0 Å². The largest absolute Gasteiger partial charge is 0.329 e. The first-order chi connectivity index (χ1) is 5.33. The second-order valence-electron chi connectivity index (χ2n) is 2.50. The summed E-state index contributed by atoms with van der Waals surface area (Å²) in [5, 5.41) is 5.29. The van der Waals surface area contributed by atoms with Crippen molar-refractivity contribution in [2.24, 2.45) is 5.73 Å². The zero-order chi connectivity index (χ0) is 8.10. The van der Waals surface area contributed by atoms with Crippen molar-refractivity contribution in [2.45, 2.75) is 19.5 Å². The molecule has 4 heteroatoms. The molecule has 0 saturated carbocycles. The molecule has 0 aromatic carbocycles. The van der Waals surface area contributed by atoms with E-state index in [-0.39, 0.29) is 0 Å². The van der Waals surface area contributed by atoms with E-state index < -0.39 is 0 Å². The lowest BCUT2D eigenvalue weighted by molar-refractivity contribution is 0.552. The molecule has 11 heavy (non-hydrogen) atoms. The predicted octanol–water partition coefficient (Wildman–Crippen LogP) is 0.580. The average Bonchev–Trinajstić information content (AvgIpc) is 2.52. The molecule has 0 aliphatic carbocycles. The highest BCUT2D eigenvalue weighted by Crippen LogP contribution is 1.99. The van der Waals surface area contributed by atoms with Gasteiger partial charge in [0.25, 0.3) is 0 Å². The minimum atomic E-state index is 0.372. The van der Waals surface area contributed by atoms with Crippen LogP contribution in [0.4, 0.5) is 0 Å². The first-order valence-corrected chi connectivity index (χ1v) is 4.57. The predicted molar refractivity (Wildman–Crippen MR) is 47.5 cm³/mol. The number of hydrogen-bond donors (Lipinski definition) is 2. The van der Waals surface area contributed by atoms with Crippen LogP contribution < -0.4 is 11.1 Å². The average molecular weight is 171 g/mol. The molecule has 1 rings (SSSR count). The van der Waals surface area contributed by atoms with Crippen LogP contribution in [0.25, 0.3) is 0 Å². The molecule has 3 N–H and O–H groups in total. The fraction of sp³-hybridized carbons (Fsp3) is 0.571. The molecule has 0 bridgehead atoms. The van der Waals surface area contributed by atoms with E-state index in [0.717, 1.165) is 12.2 Å². The van der Waals surface area contributed by atoms with E-state index in [2.05, 4.69) is 17.2 Å². The molecule has 62 valence electrons. The van der Waals surface area contributed by atoms with Crippen LogP contribution in [0.5, 0.6) is 0 Å². The number of hydrogen-bond acceptors (Lipinski definition) is 4. The first kappa shape index (κ1) is 8.64. The maximum absolute atomic E-state index is 5.43. The monoisotopic (exact) mass is 171 g/mol.